The molecule has 0 atom stereocenters. The number of furan rings is 1. The first-order valence-corrected chi connectivity index (χ1v) is 19.6. The molecule has 0 unspecified atom stereocenters. The predicted octanol–water partition coefficient (Wildman–Crippen LogP) is 14.1. The molecule has 10 rings (SSSR count). The van der Waals surface area contributed by atoms with Crippen molar-refractivity contribution in [1.29, 1.82) is 0 Å². The molecular formula is C54H41IrN3O-2. The van der Waals surface area contributed by atoms with Gasteiger partial charge in [-0.05, 0) is 119 Å². The zero-order valence-corrected chi connectivity index (χ0v) is 36.0. The van der Waals surface area contributed by atoms with Crippen molar-refractivity contribution >= 4 is 32.8 Å². The molecule has 0 aliphatic carbocycles. The van der Waals surface area contributed by atoms with Gasteiger partial charge in [0.05, 0.1) is 5.58 Å². The van der Waals surface area contributed by atoms with E-state index in [0.717, 1.165) is 55.7 Å². The number of aromatic nitrogens is 3. The van der Waals surface area contributed by atoms with Crippen LogP contribution in [0.4, 0.5) is 0 Å². The molecular weight excluding hydrogens is 899 g/mol. The van der Waals surface area contributed by atoms with E-state index >= 15 is 0 Å². The zero-order valence-electron chi connectivity index (χ0n) is 33.6. The van der Waals surface area contributed by atoms with Crippen LogP contribution < -0.4 is 0 Å². The minimum absolute atomic E-state index is 0. The van der Waals surface area contributed by atoms with Crippen molar-refractivity contribution in [1.82, 2.24) is 15.0 Å². The molecule has 0 saturated carbocycles. The molecule has 0 amide bonds. The molecule has 0 bridgehead atoms. The van der Waals surface area contributed by atoms with Crippen LogP contribution in [0, 0.1) is 46.8 Å². The van der Waals surface area contributed by atoms with Gasteiger partial charge in [0.2, 0.25) is 5.71 Å². The largest absolute Gasteiger partial charge is 0.486 e. The van der Waals surface area contributed by atoms with Crippen molar-refractivity contribution in [2.45, 2.75) is 34.6 Å². The maximum atomic E-state index is 6.24. The summed E-state index contributed by atoms with van der Waals surface area (Å²) in [7, 11) is 0. The number of nitrogens with zero attached hydrogens (tertiary/aromatic N) is 3. The number of hydrogen-bond donors (Lipinski definition) is 0. The van der Waals surface area contributed by atoms with Gasteiger partial charge in [0.15, 0.2) is 0 Å². The monoisotopic (exact) mass is 940 g/mol. The third-order valence-electron chi connectivity index (χ3n) is 10.8. The predicted molar refractivity (Wildman–Crippen MR) is 240 cm³/mol. The Balaban J connectivity index is 0.000000195. The van der Waals surface area contributed by atoms with Gasteiger partial charge >= 0.3 is 0 Å². The Kier molecular flexibility index (Phi) is 11.2. The maximum absolute atomic E-state index is 6.24. The van der Waals surface area contributed by atoms with Crippen LogP contribution in [-0.2, 0) is 20.1 Å². The fourth-order valence-corrected chi connectivity index (χ4v) is 7.63. The molecule has 0 spiro atoms. The second-order valence-corrected chi connectivity index (χ2v) is 15.0. The van der Waals surface area contributed by atoms with Gasteiger partial charge in [0.25, 0.3) is 0 Å². The van der Waals surface area contributed by atoms with E-state index in [-0.39, 0.29) is 20.1 Å². The minimum Gasteiger partial charge on any atom is -0.486 e. The van der Waals surface area contributed by atoms with E-state index in [1.807, 2.05) is 62.6 Å². The summed E-state index contributed by atoms with van der Waals surface area (Å²) in [6.45, 7) is 10.4. The Morgan fingerprint density at radius 1 is 0.508 bits per heavy atom. The molecule has 289 valence electrons. The molecule has 0 aliphatic rings. The van der Waals surface area contributed by atoms with Crippen LogP contribution >= 0.6 is 0 Å². The molecule has 1 radical (unpaired) electrons. The second-order valence-electron chi connectivity index (χ2n) is 15.0. The summed E-state index contributed by atoms with van der Waals surface area (Å²) < 4.78 is 6.24. The van der Waals surface area contributed by atoms with Crippen molar-refractivity contribution in [3.8, 4) is 55.9 Å². The molecule has 0 aliphatic heterocycles. The normalized spacial score (nSPS) is 11.0. The average Bonchev–Trinajstić information content (AvgIpc) is 3.63. The Morgan fingerprint density at radius 2 is 1.25 bits per heavy atom. The Bertz CT molecular complexity index is 3100. The van der Waals surface area contributed by atoms with E-state index in [0.29, 0.717) is 5.71 Å². The van der Waals surface area contributed by atoms with Crippen LogP contribution in [0.5, 0.6) is 0 Å². The summed E-state index contributed by atoms with van der Waals surface area (Å²) in [5, 5.41) is 4.49. The van der Waals surface area contributed by atoms with Gasteiger partial charge < -0.3 is 14.4 Å². The van der Waals surface area contributed by atoms with Gasteiger partial charge in [0.1, 0.15) is 0 Å². The number of rotatable bonds is 5. The summed E-state index contributed by atoms with van der Waals surface area (Å²) in [6, 6.07) is 57.5. The molecule has 59 heavy (non-hydrogen) atoms. The SMILES string of the molecule is Cc1ccc(-c2[c-]cc(C)c(-c3ccccc3)c2)nc1.Cc1ccc2c(n1)oc1c(-c3cc(-c4cc5ccc(-c6ccccc6)cc5cc4C)c(C)cn3)[c-]ccc12.[Ir]. The Morgan fingerprint density at radius 3 is 2.02 bits per heavy atom. The second kappa shape index (κ2) is 16.8. The van der Waals surface area contributed by atoms with E-state index in [9.17, 15) is 0 Å². The Hall–Kier alpha value is -6.52. The molecule has 5 heteroatoms. The fraction of sp³-hybridized carbons (Fsp3) is 0.0926. The smallest absolute Gasteiger partial charge is 0.216 e. The van der Waals surface area contributed by atoms with Crippen LogP contribution in [0.3, 0.4) is 0 Å². The van der Waals surface area contributed by atoms with Crippen molar-refractivity contribution < 1.29 is 24.5 Å². The van der Waals surface area contributed by atoms with Gasteiger partial charge in [-0.25, -0.2) is 4.98 Å². The third-order valence-corrected chi connectivity index (χ3v) is 10.8. The molecule has 4 aromatic heterocycles. The standard InChI is InChI=1S/C35H25N2O.C19H16N.Ir/c1-21-16-27-17-25(24-8-5-4-6-9-24)13-14-26(27)18-31(21)32-19-33(36-20-22(32)2)30-11-7-10-28-29-15-12-23(3)37-35(29)38-34(28)30;1-14-8-11-19(20-13-14)17-10-9-15(2)18(12-17)16-6-4-3-5-7-16;/h4-10,12-20H,1-3H3;3-9,11-13H,1-2H3;/q2*-1;. The van der Waals surface area contributed by atoms with Gasteiger partial charge in [-0.15, -0.1) is 47.5 Å². The van der Waals surface area contributed by atoms with Crippen LogP contribution in [0.1, 0.15) is 27.9 Å². The Labute approximate surface area is 359 Å². The van der Waals surface area contributed by atoms with Gasteiger partial charge in [0, 0.05) is 43.6 Å². The van der Waals surface area contributed by atoms with Crippen LogP contribution in [0.2, 0.25) is 0 Å². The molecule has 4 heterocycles. The summed E-state index contributed by atoms with van der Waals surface area (Å²) in [5.74, 6) is 0. The van der Waals surface area contributed by atoms with E-state index < -0.39 is 0 Å². The van der Waals surface area contributed by atoms with E-state index in [1.165, 1.54) is 55.3 Å². The molecule has 10 aromatic rings. The van der Waals surface area contributed by atoms with E-state index in [2.05, 4.69) is 152 Å². The minimum atomic E-state index is 0. The molecule has 0 saturated heterocycles. The van der Waals surface area contributed by atoms with Crippen LogP contribution in [-0.4, -0.2) is 15.0 Å². The van der Waals surface area contributed by atoms with Gasteiger partial charge in [-0.2, -0.15) is 0 Å². The number of fused-ring (bicyclic) bond motifs is 4. The fourth-order valence-electron chi connectivity index (χ4n) is 7.63. The van der Waals surface area contributed by atoms with Crippen molar-refractivity contribution in [3.05, 3.63) is 198 Å². The van der Waals surface area contributed by atoms with Crippen LogP contribution in [0.15, 0.2) is 162 Å². The van der Waals surface area contributed by atoms with E-state index in [4.69, 9.17) is 9.40 Å². The quantitative estimate of drug-likeness (QED) is 0.161. The molecule has 0 fully saturated rings. The summed E-state index contributed by atoms with van der Waals surface area (Å²) in [5.41, 5.74) is 18.1. The summed E-state index contributed by atoms with van der Waals surface area (Å²) in [4.78, 5) is 13.9. The number of pyridine rings is 3. The van der Waals surface area contributed by atoms with Crippen molar-refractivity contribution in [3.63, 3.8) is 0 Å². The van der Waals surface area contributed by atoms with Crippen LogP contribution in [0.25, 0.3) is 88.7 Å². The molecule has 6 aromatic carbocycles. The van der Waals surface area contributed by atoms with Gasteiger partial charge in [-0.1, -0.05) is 120 Å². The number of benzene rings is 6. The number of aryl methyl sites for hydroxylation is 5. The zero-order chi connectivity index (χ0) is 39.8. The van der Waals surface area contributed by atoms with Gasteiger partial charge in [-0.3, -0.25) is 0 Å². The van der Waals surface area contributed by atoms with Crippen molar-refractivity contribution in [2.75, 3.05) is 0 Å². The first-order valence-electron chi connectivity index (χ1n) is 19.6. The third kappa shape index (κ3) is 8.00. The van der Waals surface area contributed by atoms with Crippen molar-refractivity contribution in [2.24, 2.45) is 0 Å². The van der Waals surface area contributed by atoms with E-state index in [1.54, 1.807) is 0 Å². The molecule has 4 nitrogen and oxygen atoms in total. The molecule has 0 N–H and O–H groups in total. The first-order chi connectivity index (χ1) is 28.3. The maximum Gasteiger partial charge on any atom is 0.216 e. The first kappa shape index (κ1) is 39.3. The summed E-state index contributed by atoms with van der Waals surface area (Å²) >= 11 is 0. The average molecular weight is 940 g/mol. The topological polar surface area (TPSA) is 51.8 Å². The number of hydrogen-bond acceptors (Lipinski definition) is 4. The summed E-state index contributed by atoms with van der Waals surface area (Å²) in [6.07, 6.45) is 3.84.